The molecule has 2 heterocycles. The van der Waals surface area contributed by atoms with Crippen molar-refractivity contribution in [2.24, 2.45) is 0 Å². The number of carboxylic acid groups (broad SMARTS) is 1. The summed E-state index contributed by atoms with van der Waals surface area (Å²) in [4.78, 5) is 37.5. The first-order valence-corrected chi connectivity index (χ1v) is 8.47. The first kappa shape index (κ1) is 17.7. The van der Waals surface area contributed by atoms with Crippen LogP contribution in [0.15, 0.2) is 36.4 Å². The van der Waals surface area contributed by atoms with E-state index < -0.39 is 23.9 Å². The van der Waals surface area contributed by atoms with Crippen LogP contribution in [0.3, 0.4) is 0 Å². The van der Waals surface area contributed by atoms with Crippen molar-refractivity contribution < 1.29 is 33.7 Å². The molecule has 0 saturated heterocycles. The van der Waals surface area contributed by atoms with Crippen LogP contribution in [0.1, 0.15) is 17.3 Å². The zero-order valence-electron chi connectivity index (χ0n) is 14.8. The molecule has 2 aliphatic rings. The van der Waals surface area contributed by atoms with E-state index in [-0.39, 0.29) is 24.7 Å². The number of hydrogen-bond donors (Lipinski definition) is 2. The van der Waals surface area contributed by atoms with Gasteiger partial charge in [-0.3, -0.25) is 14.5 Å². The third-order valence-corrected chi connectivity index (χ3v) is 4.37. The molecule has 0 spiro atoms. The first-order valence-electron chi connectivity index (χ1n) is 8.47. The number of carbonyl (C=O) groups is 3. The zero-order valence-corrected chi connectivity index (χ0v) is 14.8. The summed E-state index contributed by atoms with van der Waals surface area (Å²) in [6, 6.07) is 9.14. The lowest BCUT2D eigenvalue weighted by molar-refractivity contribution is -0.127. The summed E-state index contributed by atoms with van der Waals surface area (Å²) in [5.74, 6) is -0.560. The molecule has 2 N–H and O–H groups in total. The number of amides is 2. The third-order valence-electron chi connectivity index (χ3n) is 4.37. The molecule has 2 amide bonds. The Labute approximate surface area is 159 Å². The van der Waals surface area contributed by atoms with Gasteiger partial charge in [0.2, 0.25) is 12.7 Å². The number of hydrogen-bond acceptors (Lipinski definition) is 6. The number of fused-ring (bicyclic) bond motifs is 2. The van der Waals surface area contributed by atoms with Crippen LogP contribution in [-0.2, 0) is 9.59 Å². The Hall–Kier alpha value is -3.75. The van der Waals surface area contributed by atoms with Gasteiger partial charge in [-0.2, -0.15) is 0 Å². The Bertz CT molecular complexity index is 988. The summed E-state index contributed by atoms with van der Waals surface area (Å²) in [5, 5.41) is 11.8. The second-order valence-electron chi connectivity index (χ2n) is 6.29. The number of nitrogens with zero attached hydrogens (tertiary/aromatic N) is 1. The summed E-state index contributed by atoms with van der Waals surface area (Å²) in [7, 11) is 0. The number of nitrogens with one attached hydrogen (secondary N) is 1. The standard InChI is InChI=1S/C19H16N2O7/c1-10-18(23)21(13-4-2-11(19(24)25)6-15(13)28-10)8-17(22)20-12-3-5-14-16(7-12)27-9-26-14/h2-7,10H,8-9H2,1H3,(H,20,22)(H,24,25). The summed E-state index contributed by atoms with van der Waals surface area (Å²) in [6.45, 7) is 1.42. The van der Waals surface area contributed by atoms with Crippen LogP contribution in [0.4, 0.5) is 11.4 Å². The fourth-order valence-corrected chi connectivity index (χ4v) is 3.03. The molecule has 2 aromatic carbocycles. The fourth-order valence-electron chi connectivity index (χ4n) is 3.03. The SMILES string of the molecule is CC1Oc2cc(C(=O)O)ccc2N(CC(=O)Nc2ccc3c(c2)OCO3)C1=O. The molecular formula is C19H16N2O7. The van der Waals surface area contributed by atoms with E-state index in [4.69, 9.17) is 19.3 Å². The molecule has 0 aromatic heterocycles. The average Bonchev–Trinajstić information content (AvgIpc) is 3.12. The largest absolute Gasteiger partial charge is 0.479 e. The van der Waals surface area contributed by atoms with E-state index in [9.17, 15) is 14.4 Å². The molecule has 28 heavy (non-hydrogen) atoms. The third kappa shape index (κ3) is 3.18. The molecule has 9 heteroatoms. The van der Waals surface area contributed by atoms with Gasteiger partial charge in [0.05, 0.1) is 11.3 Å². The summed E-state index contributed by atoms with van der Waals surface area (Å²) in [6.07, 6.45) is -0.838. The highest BCUT2D eigenvalue weighted by Gasteiger charge is 2.33. The quantitative estimate of drug-likeness (QED) is 0.827. The molecule has 9 nitrogen and oxygen atoms in total. The summed E-state index contributed by atoms with van der Waals surface area (Å²) < 4.78 is 16.0. The average molecular weight is 384 g/mol. The lowest BCUT2D eigenvalue weighted by Crippen LogP contribution is -2.47. The van der Waals surface area contributed by atoms with E-state index in [1.54, 1.807) is 25.1 Å². The Morgan fingerprint density at radius 3 is 2.71 bits per heavy atom. The van der Waals surface area contributed by atoms with Crippen molar-refractivity contribution in [3.8, 4) is 17.2 Å². The van der Waals surface area contributed by atoms with Crippen LogP contribution < -0.4 is 24.4 Å². The maximum absolute atomic E-state index is 12.5. The highest BCUT2D eigenvalue weighted by Crippen LogP contribution is 2.36. The minimum Gasteiger partial charge on any atom is -0.479 e. The molecule has 0 aliphatic carbocycles. The lowest BCUT2D eigenvalue weighted by Gasteiger charge is -2.32. The number of carbonyl (C=O) groups excluding carboxylic acids is 2. The van der Waals surface area contributed by atoms with E-state index >= 15 is 0 Å². The number of aromatic carboxylic acids is 1. The lowest BCUT2D eigenvalue weighted by atomic mass is 10.1. The molecule has 0 bridgehead atoms. The van der Waals surface area contributed by atoms with Gasteiger partial charge < -0.3 is 24.6 Å². The van der Waals surface area contributed by atoms with Gasteiger partial charge in [-0.1, -0.05) is 0 Å². The van der Waals surface area contributed by atoms with Crippen LogP contribution >= 0.6 is 0 Å². The predicted molar refractivity (Wildman–Crippen MR) is 97.0 cm³/mol. The van der Waals surface area contributed by atoms with E-state index in [0.717, 1.165) is 0 Å². The van der Waals surface area contributed by atoms with Crippen molar-refractivity contribution in [2.45, 2.75) is 13.0 Å². The van der Waals surface area contributed by atoms with Crippen molar-refractivity contribution in [1.29, 1.82) is 0 Å². The summed E-state index contributed by atoms with van der Waals surface area (Å²) >= 11 is 0. The number of ether oxygens (including phenoxy) is 3. The first-order chi connectivity index (χ1) is 13.4. The molecule has 0 radical (unpaired) electrons. The molecule has 4 rings (SSSR count). The van der Waals surface area contributed by atoms with Crippen LogP contribution in [0.25, 0.3) is 0 Å². The van der Waals surface area contributed by atoms with E-state index in [1.165, 1.54) is 23.1 Å². The minimum absolute atomic E-state index is 0.0325. The molecule has 2 aliphatic heterocycles. The maximum atomic E-state index is 12.5. The second kappa shape index (κ2) is 6.76. The topological polar surface area (TPSA) is 114 Å². The van der Waals surface area contributed by atoms with Gasteiger partial charge in [-0.25, -0.2) is 4.79 Å². The molecule has 2 aromatic rings. The van der Waals surface area contributed by atoms with Gasteiger partial charge in [0.15, 0.2) is 17.6 Å². The Balaban J connectivity index is 1.54. The number of anilines is 2. The van der Waals surface area contributed by atoms with Crippen molar-refractivity contribution in [2.75, 3.05) is 23.6 Å². The molecule has 1 atom stereocenters. The molecular weight excluding hydrogens is 368 g/mol. The van der Waals surface area contributed by atoms with Gasteiger partial charge in [-0.15, -0.1) is 0 Å². The Morgan fingerprint density at radius 2 is 1.93 bits per heavy atom. The number of carboxylic acids is 1. The van der Waals surface area contributed by atoms with Gasteiger partial charge in [0, 0.05) is 11.8 Å². The van der Waals surface area contributed by atoms with Gasteiger partial charge >= 0.3 is 5.97 Å². The van der Waals surface area contributed by atoms with Crippen molar-refractivity contribution in [3.05, 3.63) is 42.0 Å². The van der Waals surface area contributed by atoms with Crippen molar-refractivity contribution >= 4 is 29.2 Å². The number of benzene rings is 2. The van der Waals surface area contributed by atoms with Gasteiger partial charge in [0.1, 0.15) is 12.3 Å². The predicted octanol–water partition coefficient (Wildman–Crippen LogP) is 1.87. The summed E-state index contributed by atoms with van der Waals surface area (Å²) in [5.41, 5.74) is 0.878. The normalized spacial score (nSPS) is 17.0. The van der Waals surface area contributed by atoms with Crippen molar-refractivity contribution in [3.63, 3.8) is 0 Å². The van der Waals surface area contributed by atoms with E-state index in [0.29, 0.717) is 22.9 Å². The number of rotatable bonds is 4. The van der Waals surface area contributed by atoms with Crippen LogP contribution in [0.2, 0.25) is 0 Å². The Morgan fingerprint density at radius 1 is 1.14 bits per heavy atom. The highest BCUT2D eigenvalue weighted by atomic mass is 16.7. The Kier molecular flexibility index (Phi) is 4.26. The van der Waals surface area contributed by atoms with E-state index in [2.05, 4.69) is 5.32 Å². The molecule has 0 saturated carbocycles. The van der Waals surface area contributed by atoms with Crippen LogP contribution in [-0.4, -0.2) is 42.3 Å². The zero-order chi connectivity index (χ0) is 19.8. The minimum atomic E-state index is -1.11. The van der Waals surface area contributed by atoms with E-state index in [1.807, 2.05) is 0 Å². The van der Waals surface area contributed by atoms with Crippen molar-refractivity contribution in [1.82, 2.24) is 0 Å². The fraction of sp³-hybridized carbons (Fsp3) is 0.211. The second-order valence-corrected chi connectivity index (χ2v) is 6.29. The molecule has 144 valence electrons. The molecule has 0 fully saturated rings. The van der Waals surface area contributed by atoms with Crippen LogP contribution in [0, 0.1) is 0 Å². The van der Waals surface area contributed by atoms with Crippen LogP contribution in [0.5, 0.6) is 17.2 Å². The molecule has 1 unspecified atom stereocenters. The maximum Gasteiger partial charge on any atom is 0.335 e. The van der Waals surface area contributed by atoms with Gasteiger partial charge in [-0.05, 0) is 37.3 Å². The smallest absolute Gasteiger partial charge is 0.335 e. The highest BCUT2D eigenvalue weighted by molar-refractivity contribution is 6.06. The monoisotopic (exact) mass is 384 g/mol. The van der Waals surface area contributed by atoms with Gasteiger partial charge in [0.25, 0.3) is 5.91 Å².